The van der Waals surface area contributed by atoms with Crippen LogP contribution >= 0.6 is 11.3 Å². The van der Waals surface area contributed by atoms with Crippen molar-refractivity contribution >= 4 is 28.9 Å². The molecule has 1 aromatic heterocycles. The number of hydrogen-bond donors (Lipinski definition) is 2. The normalized spacial score (nSPS) is 10.2. The van der Waals surface area contributed by atoms with Crippen molar-refractivity contribution in [2.24, 2.45) is 0 Å². The SMILES string of the molecule is Cc1ncc(C(=O)Nc2ccc(F)cc2C(=O)O)s1. The van der Waals surface area contributed by atoms with Gasteiger partial charge in [0.15, 0.2) is 0 Å². The van der Waals surface area contributed by atoms with Crippen LogP contribution in [0.15, 0.2) is 24.4 Å². The molecule has 98 valence electrons. The summed E-state index contributed by atoms with van der Waals surface area (Å²) in [6.07, 6.45) is 1.40. The summed E-state index contributed by atoms with van der Waals surface area (Å²) >= 11 is 1.19. The number of aromatic carboxylic acids is 1. The van der Waals surface area contributed by atoms with Gasteiger partial charge >= 0.3 is 5.97 Å². The number of aryl methyl sites for hydroxylation is 1. The number of halogens is 1. The fraction of sp³-hybridized carbons (Fsp3) is 0.0833. The molecule has 0 aliphatic rings. The highest BCUT2D eigenvalue weighted by molar-refractivity contribution is 7.13. The molecule has 0 saturated carbocycles. The van der Waals surface area contributed by atoms with Crippen molar-refractivity contribution in [2.75, 3.05) is 5.32 Å². The van der Waals surface area contributed by atoms with E-state index in [1.54, 1.807) is 6.92 Å². The van der Waals surface area contributed by atoms with Crippen molar-refractivity contribution in [1.29, 1.82) is 0 Å². The van der Waals surface area contributed by atoms with Crippen LogP contribution in [0.25, 0.3) is 0 Å². The first-order chi connectivity index (χ1) is 8.97. The number of rotatable bonds is 3. The summed E-state index contributed by atoms with van der Waals surface area (Å²) in [7, 11) is 0. The standard InChI is InChI=1S/C12H9FN2O3S/c1-6-14-5-10(19-6)11(16)15-9-3-2-7(13)4-8(9)12(17)18/h2-5H,1H3,(H,15,16)(H,17,18). The van der Waals surface area contributed by atoms with Crippen LogP contribution in [0.5, 0.6) is 0 Å². The molecule has 1 amide bonds. The maximum Gasteiger partial charge on any atom is 0.337 e. The van der Waals surface area contributed by atoms with E-state index in [1.807, 2.05) is 0 Å². The van der Waals surface area contributed by atoms with E-state index in [4.69, 9.17) is 5.11 Å². The number of nitrogens with zero attached hydrogens (tertiary/aromatic N) is 1. The molecule has 0 aliphatic carbocycles. The number of aromatic nitrogens is 1. The van der Waals surface area contributed by atoms with Crippen molar-refractivity contribution in [3.63, 3.8) is 0 Å². The summed E-state index contributed by atoms with van der Waals surface area (Å²) in [4.78, 5) is 27.1. The van der Waals surface area contributed by atoms with Crippen molar-refractivity contribution < 1.29 is 19.1 Å². The predicted octanol–water partition coefficient (Wildman–Crippen LogP) is 2.54. The zero-order chi connectivity index (χ0) is 14.0. The molecule has 0 radical (unpaired) electrons. The van der Waals surface area contributed by atoms with Crippen LogP contribution in [0.1, 0.15) is 25.0 Å². The fourth-order valence-electron chi connectivity index (χ4n) is 1.45. The molecule has 1 heterocycles. The van der Waals surface area contributed by atoms with E-state index in [-0.39, 0.29) is 11.3 Å². The summed E-state index contributed by atoms with van der Waals surface area (Å²) < 4.78 is 13.0. The largest absolute Gasteiger partial charge is 0.478 e. The Bertz CT molecular complexity index is 654. The van der Waals surface area contributed by atoms with Crippen LogP contribution in [0.2, 0.25) is 0 Å². The quantitative estimate of drug-likeness (QED) is 0.905. The lowest BCUT2D eigenvalue weighted by Gasteiger charge is -2.07. The monoisotopic (exact) mass is 280 g/mol. The second-order valence-corrected chi connectivity index (χ2v) is 4.93. The van der Waals surface area contributed by atoms with Gasteiger partial charge in [-0.05, 0) is 25.1 Å². The third-order valence-corrected chi connectivity index (χ3v) is 3.22. The van der Waals surface area contributed by atoms with Gasteiger partial charge in [-0.2, -0.15) is 0 Å². The predicted molar refractivity (Wildman–Crippen MR) is 68.2 cm³/mol. The lowest BCUT2D eigenvalue weighted by molar-refractivity contribution is 0.0697. The number of benzene rings is 1. The van der Waals surface area contributed by atoms with Gasteiger partial charge < -0.3 is 10.4 Å². The van der Waals surface area contributed by atoms with Crippen molar-refractivity contribution in [3.8, 4) is 0 Å². The number of carbonyl (C=O) groups excluding carboxylic acids is 1. The Kier molecular flexibility index (Phi) is 3.57. The molecule has 2 rings (SSSR count). The summed E-state index contributed by atoms with van der Waals surface area (Å²) in [5, 5.41) is 12.1. The van der Waals surface area contributed by atoms with Gasteiger partial charge in [0.05, 0.1) is 22.5 Å². The highest BCUT2D eigenvalue weighted by Crippen LogP contribution is 2.19. The molecule has 5 nitrogen and oxygen atoms in total. The Morgan fingerprint density at radius 1 is 1.42 bits per heavy atom. The molecule has 0 saturated heterocycles. The van der Waals surface area contributed by atoms with Crippen LogP contribution in [-0.4, -0.2) is 22.0 Å². The van der Waals surface area contributed by atoms with E-state index in [0.29, 0.717) is 4.88 Å². The van der Waals surface area contributed by atoms with E-state index in [0.717, 1.165) is 17.1 Å². The van der Waals surface area contributed by atoms with E-state index >= 15 is 0 Å². The number of carbonyl (C=O) groups is 2. The number of nitrogens with one attached hydrogen (secondary N) is 1. The smallest absolute Gasteiger partial charge is 0.337 e. The molecular weight excluding hydrogens is 271 g/mol. The maximum absolute atomic E-state index is 13.0. The van der Waals surface area contributed by atoms with Crippen LogP contribution in [0.4, 0.5) is 10.1 Å². The number of carboxylic acids is 1. The van der Waals surface area contributed by atoms with E-state index in [9.17, 15) is 14.0 Å². The molecule has 2 N–H and O–H groups in total. The summed E-state index contributed by atoms with van der Waals surface area (Å²) in [5.41, 5.74) is -0.250. The zero-order valence-corrected chi connectivity index (χ0v) is 10.6. The summed E-state index contributed by atoms with van der Waals surface area (Å²) in [6.45, 7) is 1.75. The Balaban J connectivity index is 2.28. The minimum atomic E-state index is -1.31. The molecule has 0 unspecified atom stereocenters. The van der Waals surface area contributed by atoms with Gasteiger partial charge in [-0.3, -0.25) is 4.79 Å². The first-order valence-electron chi connectivity index (χ1n) is 5.24. The molecule has 0 bridgehead atoms. The van der Waals surface area contributed by atoms with Gasteiger partial charge in [0.25, 0.3) is 5.91 Å². The second-order valence-electron chi connectivity index (χ2n) is 3.69. The van der Waals surface area contributed by atoms with Gasteiger partial charge in [-0.25, -0.2) is 14.2 Å². The average Bonchev–Trinajstić information content (AvgIpc) is 2.78. The lowest BCUT2D eigenvalue weighted by Crippen LogP contribution is -2.13. The van der Waals surface area contributed by atoms with Crippen molar-refractivity contribution in [3.05, 3.63) is 45.7 Å². The molecule has 1 aromatic carbocycles. The van der Waals surface area contributed by atoms with Gasteiger partial charge in [-0.1, -0.05) is 0 Å². The molecule has 19 heavy (non-hydrogen) atoms. The van der Waals surface area contributed by atoms with E-state index in [2.05, 4.69) is 10.3 Å². The Hall–Kier alpha value is -2.28. The molecule has 0 fully saturated rings. The van der Waals surface area contributed by atoms with Gasteiger partial charge in [0, 0.05) is 0 Å². The number of anilines is 1. The first kappa shape index (κ1) is 13.2. The summed E-state index contributed by atoms with van der Waals surface area (Å²) in [6, 6.07) is 3.15. The van der Waals surface area contributed by atoms with Crippen LogP contribution in [0.3, 0.4) is 0 Å². The third-order valence-electron chi connectivity index (χ3n) is 2.31. The van der Waals surface area contributed by atoms with Gasteiger partial charge in [-0.15, -0.1) is 11.3 Å². The molecule has 0 spiro atoms. The maximum atomic E-state index is 13.0. The average molecular weight is 280 g/mol. The second kappa shape index (κ2) is 5.15. The summed E-state index contributed by atoms with van der Waals surface area (Å²) in [5.74, 6) is -2.46. The molecule has 7 heteroatoms. The van der Waals surface area contributed by atoms with E-state index < -0.39 is 17.7 Å². The molecule has 0 atom stereocenters. The van der Waals surface area contributed by atoms with Crippen molar-refractivity contribution in [1.82, 2.24) is 4.98 Å². The highest BCUT2D eigenvalue weighted by atomic mass is 32.1. The first-order valence-corrected chi connectivity index (χ1v) is 6.05. The number of amides is 1. The lowest BCUT2D eigenvalue weighted by atomic mass is 10.1. The third kappa shape index (κ3) is 2.94. The van der Waals surface area contributed by atoms with Crippen LogP contribution < -0.4 is 5.32 Å². The van der Waals surface area contributed by atoms with Crippen LogP contribution in [0, 0.1) is 12.7 Å². The Morgan fingerprint density at radius 2 is 2.16 bits per heavy atom. The fourth-order valence-corrected chi connectivity index (χ4v) is 2.13. The highest BCUT2D eigenvalue weighted by Gasteiger charge is 2.15. The van der Waals surface area contributed by atoms with Crippen LogP contribution in [-0.2, 0) is 0 Å². The Morgan fingerprint density at radius 3 is 2.74 bits per heavy atom. The molecule has 0 aliphatic heterocycles. The van der Waals surface area contributed by atoms with E-state index in [1.165, 1.54) is 23.6 Å². The van der Waals surface area contributed by atoms with Gasteiger partial charge in [0.2, 0.25) is 0 Å². The minimum Gasteiger partial charge on any atom is -0.478 e. The molecule has 2 aromatic rings. The zero-order valence-electron chi connectivity index (χ0n) is 9.81. The van der Waals surface area contributed by atoms with Crippen molar-refractivity contribution in [2.45, 2.75) is 6.92 Å². The Labute approximate surface area is 111 Å². The number of carboxylic acid groups (broad SMARTS) is 1. The number of hydrogen-bond acceptors (Lipinski definition) is 4. The minimum absolute atomic E-state index is 0.0463. The van der Waals surface area contributed by atoms with Gasteiger partial charge in [0.1, 0.15) is 10.7 Å². The molecular formula is C12H9FN2O3S. The number of thiazole rings is 1. The topological polar surface area (TPSA) is 79.3 Å².